The Morgan fingerprint density at radius 2 is 1.70 bits per heavy atom. The van der Waals surface area contributed by atoms with Gasteiger partial charge in [0.15, 0.2) is 5.82 Å². The van der Waals surface area contributed by atoms with Gasteiger partial charge >= 0.3 is 5.97 Å². The van der Waals surface area contributed by atoms with E-state index < -0.39 is 5.97 Å². The highest BCUT2D eigenvalue weighted by Crippen LogP contribution is 2.26. The van der Waals surface area contributed by atoms with Crippen LogP contribution in [-0.4, -0.2) is 36.3 Å². The molecule has 5 aromatic rings. The second-order valence-electron chi connectivity index (χ2n) is 8.03. The molecule has 2 aromatic heterocycles. The molecule has 0 atom stereocenters. The molecule has 0 bridgehead atoms. The number of aromatic nitrogens is 5. The number of H-pyrrole nitrogens is 1. The highest BCUT2D eigenvalue weighted by Gasteiger charge is 2.13. The lowest BCUT2D eigenvalue weighted by Gasteiger charge is -2.05. The predicted octanol–water partition coefficient (Wildman–Crippen LogP) is 4.55. The monoisotopic (exact) mass is 437 g/mol. The van der Waals surface area contributed by atoms with Gasteiger partial charge in [0.1, 0.15) is 0 Å². The molecule has 0 unspecified atom stereocenters. The Kier molecular flexibility index (Phi) is 5.68. The lowest BCUT2D eigenvalue weighted by molar-refractivity contribution is 0.0697. The number of benzene rings is 3. The molecule has 33 heavy (non-hydrogen) atoms. The third-order valence-electron chi connectivity index (χ3n) is 5.92. The van der Waals surface area contributed by atoms with Crippen molar-refractivity contribution in [3.8, 4) is 11.1 Å². The van der Waals surface area contributed by atoms with Crippen LogP contribution in [-0.2, 0) is 25.8 Å². The van der Waals surface area contributed by atoms with Crippen LogP contribution in [0, 0.1) is 0 Å². The second-order valence-corrected chi connectivity index (χ2v) is 8.03. The normalized spacial score (nSPS) is 11.2. The summed E-state index contributed by atoms with van der Waals surface area (Å²) in [6.45, 7) is 0.689. The Balaban J connectivity index is 1.38. The summed E-state index contributed by atoms with van der Waals surface area (Å²) in [6, 6.07) is 24.3. The molecule has 2 heterocycles. The van der Waals surface area contributed by atoms with Crippen LogP contribution < -0.4 is 0 Å². The standard InChI is InChI=1S/C26H23N5O2/c32-26(33)21-12-13-24-23(16-21)22(17-31(24)15-14-25-27-29-30-28-25)11-8-18-6-9-20(10-7-18)19-4-2-1-3-5-19/h1-7,9-10,12-13,16-17H,8,11,14-15H2,(H,32,33)(H,27,28,29,30). The van der Waals surface area contributed by atoms with E-state index in [0.29, 0.717) is 24.4 Å². The molecule has 3 aromatic carbocycles. The highest BCUT2D eigenvalue weighted by molar-refractivity contribution is 5.95. The number of carboxylic acid groups (broad SMARTS) is 1. The molecule has 0 aliphatic rings. The average Bonchev–Trinajstić information content (AvgIpc) is 3.50. The minimum atomic E-state index is -0.918. The second kappa shape index (κ2) is 9.08. The Labute approximate surface area is 190 Å². The first-order chi connectivity index (χ1) is 16.2. The quantitative estimate of drug-likeness (QED) is 0.371. The molecule has 5 rings (SSSR count). The maximum absolute atomic E-state index is 11.5. The summed E-state index contributed by atoms with van der Waals surface area (Å²) in [5.74, 6) is -0.266. The number of carboxylic acids is 1. The van der Waals surface area contributed by atoms with Crippen molar-refractivity contribution in [2.24, 2.45) is 0 Å². The van der Waals surface area contributed by atoms with Crippen molar-refractivity contribution in [3.05, 3.63) is 102 Å². The van der Waals surface area contributed by atoms with Crippen molar-refractivity contribution >= 4 is 16.9 Å². The van der Waals surface area contributed by atoms with Crippen LogP contribution in [0.3, 0.4) is 0 Å². The third kappa shape index (κ3) is 4.52. The number of aryl methyl sites for hydroxylation is 4. The minimum Gasteiger partial charge on any atom is -0.478 e. The Morgan fingerprint density at radius 3 is 2.42 bits per heavy atom. The van der Waals surface area contributed by atoms with E-state index in [2.05, 4.69) is 67.8 Å². The lowest BCUT2D eigenvalue weighted by atomic mass is 10.00. The number of tetrazole rings is 1. The van der Waals surface area contributed by atoms with Crippen molar-refractivity contribution in [1.29, 1.82) is 0 Å². The van der Waals surface area contributed by atoms with Crippen molar-refractivity contribution in [3.63, 3.8) is 0 Å². The SMILES string of the molecule is O=C(O)c1ccc2c(c1)c(CCc1ccc(-c3ccccc3)cc1)cn2CCc1nn[nH]n1. The van der Waals surface area contributed by atoms with Gasteiger partial charge in [-0.25, -0.2) is 4.79 Å². The van der Waals surface area contributed by atoms with Gasteiger partial charge in [-0.1, -0.05) is 59.8 Å². The predicted molar refractivity (Wildman–Crippen MR) is 126 cm³/mol. The van der Waals surface area contributed by atoms with Gasteiger partial charge in [0, 0.05) is 30.1 Å². The van der Waals surface area contributed by atoms with Crippen LogP contribution in [0.5, 0.6) is 0 Å². The Hall–Kier alpha value is -4.26. The van der Waals surface area contributed by atoms with E-state index in [1.54, 1.807) is 12.1 Å². The van der Waals surface area contributed by atoms with Gasteiger partial charge in [-0.15, -0.1) is 10.2 Å². The van der Waals surface area contributed by atoms with Crippen molar-refractivity contribution in [2.75, 3.05) is 0 Å². The van der Waals surface area contributed by atoms with Crippen LogP contribution in [0.15, 0.2) is 79.0 Å². The number of nitrogens with zero attached hydrogens (tertiary/aromatic N) is 4. The van der Waals surface area contributed by atoms with Gasteiger partial charge in [-0.3, -0.25) is 0 Å². The number of hydrogen-bond acceptors (Lipinski definition) is 4. The van der Waals surface area contributed by atoms with E-state index in [1.165, 1.54) is 16.7 Å². The summed E-state index contributed by atoms with van der Waals surface area (Å²) >= 11 is 0. The molecule has 0 aliphatic heterocycles. The fourth-order valence-corrected chi connectivity index (χ4v) is 4.17. The Morgan fingerprint density at radius 1 is 0.909 bits per heavy atom. The number of aromatic carboxylic acids is 1. The van der Waals surface area contributed by atoms with Gasteiger partial charge in [-0.05, 0) is 53.3 Å². The van der Waals surface area contributed by atoms with Crippen molar-refractivity contribution < 1.29 is 9.90 Å². The fraction of sp³-hybridized carbons (Fsp3) is 0.154. The first kappa shape index (κ1) is 20.6. The number of rotatable bonds is 8. The maximum atomic E-state index is 11.5. The molecule has 0 spiro atoms. The zero-order valence-electron chi connectivity index (χ0n) is 18.0. The summed E-state index contributed by atoms with van der Waals surface area (Å²) < 4.78 is 2.14. The smallest absolute Gasteiger partial charge is 0.335 e. The maximum Gasteiger partial charge on any atom is 0.335 e. The summed E-state index contributed by atoms with van der Waals surface area (Å²) in [5.41, 5.74) is 6.09. The molecule has 0 saturated heterocycles. The fourth-order valence-electron chi connectivity index (χ4n) is 4.17. The van der Waals surface area contributed by atoms with Crippen molar-refractivity contribution in [2.45, 2.75) is 25.8 Å². The van der Waals surface area contributed by atoms with Crippen LogP contribution in [0.2, 0.25) is 0 Å². The van der Waals surface area contributed by atoms with Crippen molar-refractivity contribution in [1.82, 2.24) is 25.2 Å². The molecule has 7 nitrogen and oxygen atoms in total. The summed E-state index contributed by atoms with van der Waals surface area (Å²) in [5, 5.41) is 24.6. The van der Waals surface area contributed by atoms with E-state index in [0.717, 1.165) is 29.3 Å². The van der Waals surface area contributed by atoms with E-state index in [4.69, 9.17) is 0 Å². The van der Waals surface area contributed by atoms with Crippen LogP contribution in [0.25, 0.3) is 22.0 Å². The van der Waals surface area contributed by atoms with E-state index >= 15 is 0 Å². The van der Waals surface area contributed by atoms with Gasteiger partial charge < -0.3 is 9.67 Å². The molecule has 0 saturated carbocycles. The molecular weight excluding hydrogens is 414 g/mol. The van der Waals surface area contributed by atoms with Crippen LogP contribution >= 0.6 is 0 Å². The van der Waals surface area contributed by atoms with Crippen LogP contribution in [0.1, 0.15) is 27.3 Å². The molecule has 164 valence electrons. The number of nitrogens with one attached hydrogen (secondary N) is 1. The third-order valence-corrected chi connectivity index (χ3v) is 5.92. The molecule has 0 amide bonds. The topological polar surface area (TPSA) is 96.7 Å². The minimum absolute atomic E-state index is 0.298. The summed E-state index contributed by atoms with van der Waals surface area (Å²) in [7, 11) is 0. The molecule has 0 aliphatic carbocycles. The molecule has 2 N–H and O–H groups in total. The number of aromatic amines is 1. The summed E-state index contributed by atoms with van der Waals surface area (Å²) in [6.07, 6.45) is 4.45. The van der Waals surface area contributed by atoms with Crippen LogP contribution in [0.4, 0.5) is 0 Å². The first-order valence-electron chi connectivity index (χ1n) is 10.9. The highest BCUT2D eigenvalue weighted by atomic mass is 16.4. The van der Waals surface area contributed by atoms with E-state index in [9.17, 15) is 9.90 Å². The summed E-state index contributed by atoms with van der Waals surface area (Å²) in [4.78, 5) is 11.5. The van der Waals surface area contributed by atoms with E-state index in [-0.39, 0.29) is 0 Å². The molecule has 0 fully saturated rings. The van der Waals surface area contributed by atoms with Gasteiger partial charge in [-0.2, -0.15) is 5.21 Å². The first-order valence-corrected chi connectivity index (χ1v) is 10.9. The molecule has 7 heteroatoms. The molecule has 0 radical (unpaired) electrons. The van der Waals surface area contributed by atoms with E-state index in [1.807, 2.05) is 24.3 Å². The van der Waals surface area contributed by atoms with Gasteiger partial charge in [0.2, 0.25) is 0 Å². The van der Waals surface area contributed by atoms with Gasteiger partial charge in [0.25, 0.3) is 0 Å². The zero-order chi connectivity index (χ0) is 22.6. The number of fused-ring (bicyclic) bond motifs is 1. The Bertz CT molecular complexity index is 1370. The number of carbonyl (C=O) groups is 1. The zero-order valence-corrected chi connectivity index (χ0v) is 18.0. The lowest BCUT2D eigenvalue weighted by Crippen LogP contribution is -2.02. The largest absolute Gasteiger partial charge is 0.478 e. The number of hydrogen-bond donors (Lipinski definition) is 2. The van der Waals surface area contributed by atoms with Gasteiger partial charge in [0.05, 0.1) is 5.56 Å². The molecular formula is C26H23N5O2. The average molecular weight is 438 g/mol.